The lowest BCUT2D eigenvalue weighted by Crippen LogP contribution is -2.55. The molecule has 1 N–H and O–H groups in total. The summed E-state index contributed by atoms with van der Waals surface area (Å²) < 4.78 is 0.973. The zero-order valence-corrected chi connectivity index (χ0v) is 14.2. The largest absolute Gasteiger partial charge is 0.390 e. The second-order valence-corrected chi connectivity index (χ2v) is 6.65. The van der Waals surface area contributed by atoms with Crippen LogP contribution < -0.4 is 0 Å². The van der Waals surface area contributed by atoms with Crippen molar-refractivity contribution in [2.45, 2.75) is 31.9 Å². The highest BCUT2D eigenvalue weighted by molar-refractivity contribution is 9.10. The van der Waals surface area contributed by atoms with Crippen molar-refractivity contribution in [2.24, 2.45) is 0 Å². The fourth-order valence-corrected chi connectivity index (χ4v) is 2.96. The molecular weight excluding hydrogens is 332 g/mol. The van der Waals surface area contributed by atoms with Crippen molar-refractivity contribution in [1.82, 2.24) is 9.80 Å². The van der Waals surface area contributed by atoms with E-state index >= 15 is 0 Å². The Morgan fingerprint density at radius 3 is 2.57 bits per heavy atom. The highest BCUT2D eigenvalue weighted by Gasteiger charge is 2.29. The van der Waals surface area contributed by atoms with Gasteiger partial charge in [-0.25, -0.2) is 0 Å². The maximum absolute atomic E-state index is 12.6. The number of benzene rings is 1. The summed E-state index contributed by atoms with van der Waals surface area (Å²) in [6.45, 7) is 4.42. The molecule has 1 atom stereocenters. The summed E-state index contributed by atoms with van der Waals surface area (Å²) in [5.41, 5.74) is 0.713. The summed E-state index contributed by atoms with van der Waals surface area (Å²) in [6.07, 6.45) is 1.82. The van der Waals surface area contributed by atoms with Crippen LogP contribution in [0.5, 0.6) is 0 Å². The third-order valence-electron chi connectivity index (χ3n) is 3.99. The summed E-state index contributed by atoms with van der Waals surface area (Å²) in [4.78, 5) is 16.6. The highest BCUT2D eigenvalue weighted by atomic mass is 79.9. The van der Waals surface area contributed by atoms with E-state index in [2.05, 4.69) is 27.8 Å². The fraction of sp³-hybridized carbons (Fsp3) is 0.562. The molecule has 0 unspecified atom stereocenters. The number of amides is 1. The first kappa shape index (κ1) is 16.5. The first-order valence-corrected chi connectivity index (χ1v) is 8.23. The van der Waals surface area contributed by atoms with Gasteiger partial charge < -0.3 is 10.0 Å². The van der Waals surface area contributed by atoms with Gasteiger partial charge in [-0.3, -0.25) is 9.69 Å². The minimum atomic E-state index is -0.195. The van der Waals surface area contributed by atoms with E-state index in [4.69, 9.17) is 0 Å². The lowest BCUT2D eigenvalue weighted by molar-refractivity contribution is -0.0113. The number of likely N-dealkylation sites (N-methyl/N-ethyl adjacent to an activating group) is 1. The predicted octanol–water partition coefficient (Wildman–Crippen LogP) is 2.37. The molecule has 1 aliphatic heterocycles. The van der Waals surface area contributed by atoms with E-state index in [1.165, 1.54) is 0 Å². The first-order valence-electron chi connectivity index (χ1n) is 7.44. The molecule has 4 nitrogen and oxygen atoms in total. The number of carbonyl (C=O) groups excluding carboxylic acids is 1. The summed E-state index contributed by atoms with van der Waals surface area (Å²) in [7, 11) is 1.88. The SMILES string of the molecule is CCC[C@@H](CN1CC(O)C1)N(C)C(=O)c1ccc(Br)cc1. The number of aliphatic hydroxyl groups excluding tert-OH is 1. The van der Waals surface area contributed by atoms with Gasteiger partial charge in [-0.1, -0.05) is 29.3 Å². The lowest BCUT2D eigenvalue weighted by Gasteiger charge is -2.40. The average molecular weight is 355 g/mol. The van der Waals surface area contributed by atoms with Gasteiger partial charge in [0.1, 0.15) is 0 Å². The van der Waals surface area contributed by atoms with Crippen molar-refractivity contribution in [2.75, 3.05) is 26.7 Å². The second-order valence-electron chi connectivity index (χ2n) is 5.74. The summed E-state index contributed by atoms with van der Waals surface area (Å²) in [5.74, 6) is 0.0574. The molecule has 0 aliphatic carbocycles. The van der Waals surface area contributed by atoms with Gasteiger partial charge in [0.25, 0.3) is 5.91 Å². The summed E-state index contributed by atoms with van der Waals surface area (Å²) >= 11 is 3.39. The molecule has 1 aliphatic rings. The van der Waals surface area contributed by atoms with E-state index in [9.17, 15) is 9.90 Å². The Hall–Kier alpha value is -0.910. The zero-order chi connectivity index (χ0) is 15.4. The van der Waals surface area contributed by atoms with Crippen molar-refractivity contribution < 1.29 is 9.90 Å². The molecule has 1 heterocycles. The van der Waals surface area contributed by atoms with Crippen LogP contribution in [0.2, 0.25) is 0 Å². The van der Waals surface area contributed by atoms with Gasteiger partial charge in [-0.15, -0.1) is 0 Å². The average Bonchev–Trinajstić information content (AvgIpc) is 2.44. The van der Waals surface area contributed by atoms with E-state index in [1.807, 2.05) is 36.2 Å². The Morgan fingerprint density at radius 1 is 1.43 bits per heavy atom. The van der Waals surface area contributed by atoms with Crippen molar-refractivity contribution >= 4 is 21.8 Å². The van der Waals surface area contributed by atoms with Crippen LogP contribution in [0.1, 0.15) is 30.1 Å². The molecule has 0 radical (unpaired) electrons. The topological polar surface area (TPSA) is 43.8 Å². The standard InChI is InChI=1S/C16H23BrN2O2/c1-3-4-14(9-19-10-15(20)11-19)18(2)16(21)12-5-7-13(17)8-6-12/h5-8,14-15,20H,3-4,9-11H2,1-2H3/t14-/m0/s1. The highest BCUT2D eigenvalue weighted by Crippen LogP contribution is 2.17. The van der Waals surface area contributed by atoms with Crippen molar-refractivity contribution in [3.63, 3.8) is 0 Å². The van der Waals surface area contributed by atoms with E-state index in [0.717, 1.165) is 36.9 Å². The summed E-state index contributed by atoms with van der Waals surface area (Å²) in [6, 6.07) is 7.67. The number of β-amino-alcohol motifs (C(OH)–C–C–N with tert-alkyl or cyclic N) is 1. The van der Waals surface area contributed by atoms with Gasteiger partial charge >= 0.3 is 0 Å². The quantitative estimate of drug-likeness (QED) is 0.852. The molecule has 0 aromatic heterocycles. The van der Waals surface area contributed by atoms with Crippen LogP contribution in [0, 0.1) is 0 Å². The maximum atomic E-state index is 12.6. The number of hydrogen-bond donors (Lipinski definition) is 1. The van der Waals surface area contributed by atoms with E-state index < -0.39 is 0 Å². The molecule has 1 saturated heterocycles. The molecule has 1 aromatic carbocycles. The third kappa shape index (κ3) is 4.28. The molecule has 1 fully saturated rings. The Bertz CT molecular complexity index is 472. The lowest BCUT2D eigenvalue weighted by atomic mass is 10.1. The molecule has 21 heavy (non-hydrogen) atoms. The Labute approximate surface area is 134 Å². The number of rotatable bonds is 6. The molecule has 1 amide bonds. The number of carbonyl (C=O) groups is 1. The monoisotopic (exact) mass is 354 g/mol. The number of likely N-dealkylation sites (tertiary alicyclic amines) is 1. The minimum absolute atomic E-state index is 0.0574. The van der Waals surface area contributed by atoms with Crippen LogP contribution in [-0.4, -0.2) is 59.6 Å². The summed E-state index contributed by atoms with van der Waals surface area (Å²) in [5, 5.41) is 9.39. The molecule has 2 rings (SSSR count). The van der Waals surface area contributed by atoms with Crippen LogP contribution >= 0.6 is 15.9 Å². The Balaban J connectivity index is 2.00. The molecule has 1 aromatic rings. The fourth-order valence-electron chi connectivity index (χ4n) is 2.69. The molecular formula is C16H23BrN2O2. The van der Waals surface area contributed by atoms with Crippen LogP contribution in [0.25, 0.3) is 0 Å². The number of halogens is 1. The van der Waals surface area contributed by atoms with Crippen molar-refractivity contribution in [1.29, 1.82) is 0 Å². The van der Waals surface area contributed by atoms with Gasteiger partial charge in [0.15, 0.2) is 0 Å². The third-order valence-corrected chi connectivity index (χ3v) is 4.52. The van der Waals surface area contributed by atoms with Gasteiger partial charge in [0.05, 0.1) is 6.10 Å². The zero-order valence-electron chi connectivity index (χ0n) is 12.6. The van der Waals surface area contributed by atoms with E-state index in [0.29, 0.717) is 5.56 Å². The number of aliphatic hydroxyl groups is 1. The first-order chi connectivity index (χ1) is 10.0. The van der Waals surface area contributed by atoms with Crippen LogP contribution in [0.4, 0.5) is 0 Å². The van der Waals surface area contributed by atoms with Gasteiger partial charge in [0, 0.05) is 42.8 Å². The van der Waals surface area contributed by atoms with E-state index in [-0.39, 0.29) is 18.1 Å². The van der Waals surface area contributed by atoms with Crippen LogP contribution in [0.3, 0.4) is 0 Å². The van der Waals surface area contributed by atoms with Gasteiger partial charge in [0.2, 0.25) is 0 Å². The Morgan fingerprint density at radius 2 is 2.05 bits per heavy atom. The molecule has 116 valence electrons. The second kappa shape index (κ2) is 7.38. The molecule has 5 heteroatoms. The molecule has 0 spiro atoms. The number of hydrogen-bond acceptors (Lipinski definition) is 3. The van der Waals surface area contributed by atoms with Crippen LogP contribution in [0.15, 0.2) is 28.7 Å². The molecule has 0 saturated carbocycles. The smallest absolute Gasteiger partial charge is 0.253 e. The van der Waals surface area contributed by atoms with Gasteiger partial charge in [-0.2, -0.15) is 0 Å². The number of nitrogens with zero attached hydrogens (tertiary/aromatic N) is 2. The molecule has 0 bridgehead atoms. The maximum Gasteiger partial charge on any atom is 0.253 e. The minimum Gasteiger partial charge on any atom is -0.390 e. The Kier molecular flexibility index (Phi) is 5.79. The normalized spacial score (nSPS) is 17.3. The van der Waals surface area contributed by atoms with Crippen LogP contribution in [-0.2, 0) is 0 Å². The van der Waals surface area contributed by atoms with E-state index in [1.54, 1.807) is 0 Å². The van der Waals surface area contributed by atoms with Gasteiger partial charge in [-0.05, 0) is 30.7 Å². The van der Waals surface area contributed by atoms with Crippen molar-refractivity contribution in [3.05, 3.63) is 34.3 Å². The predicted molar refractivity (Wildman–Crippen MR) is 87.4 cm³/mol. The van der Waals surface area contributed by atoms with Crippen molar-refractivity contribution in [3.8, 4) is 0 Å².